The van der Waals surface area contributed by atoms with Crippen LogP contribution >= 0.6 is 0 Å². The molecule has 2 amide bonds. The third-order valence-electron chi connectivity index (χ3n) is 4.75. The number of ether oxygens (including phenoxy) is 1. The van der Waals surface area contributed by atoms with Crippen LogP contribution in [0.25, 0.3) is 10.9 Å². The summed E-state index contributed by atoms with van der Waals surface area (Å²) in [6.07, 6.45) is 0.407. The number of hydrogen-bond donors (Lipinski definition) is 3. The van der Waals surface area contributed by atoms with Gasteiger partial charge in [-0.25, -0.2) is 4.79 Å². The van der Waals surface area contributed by atoms with Crippen LogP contribution < -0.4 is 15.6 Å². The number of benzene rings is 2. The van der Waals surface area contributed by atoms with E-state index in [0.29, 0.717) is 30.0 Å². The molecule has 0 unspecified atom stereocenters. The molecule has 3 rings (SSSR count). The number of aliphatic hydroxyl groups is 1. The number of carbonyl (C=O) groups excluding carboxylic acids is 1. The summed E-state index contributed by atoms with van der Waals surface area (Å²) in [5.74, 6) is 0.544. The number of rotatable bonds is 7. The molecule has 0 radical (unpaired) electrons. The number of anilines is 1. The van der Waals surface area contributed by atoms with E-state index in [4.69, 9.17) is 4.74 Å². The van der Waals surface area contributed by atoms with Gasteiger partial charge in [-0.1, -0.05) is 30.3 Å². The number of H-pyrrole nitrogens is 1. The number of urea groups is 1. The third kappa shape index (κ3) is 4.75. The van der Waals surface area contributed by atoms with Crippen LogP contribution in [0, 0.1) is 6.92 Å². The number of nitrogens with zero attached hydrogens (tertiary/aromatic N) is 1. The number of aliphatic hydroxyl groups excluding tert-OH is 1. The Morgan fingerprint density at radius 3 is 2.76 bits per heavy atom. The van der Waals surface area contributed by atoms with Crippen molar-refractivity contribution in [2.45, 2.75) is 19.9 Å². The van der Waals surface area contributed by atoms with E-state index in [1.54, 1.807) is 18.2 Å². The van der Waals surface area contributed by atoms with Gasteiger partial charge in [0.05, 0.1) is 24.9 Å². The largest absolute Gasteiger partial charge is 0.495 e. The Morgan fingerprint density at radius 1 is 1.21 bits per heavy atom. The smallest absolute Gasteiger partial charge is 0.322 e. The lowest BCUT2D eigenvalue weighted by Crippen LogP contribution is -2.37. The van der Waals surface area contributed by atoms with E-state index in [9.17, 15) is 14.7 Å². The molecule has 0 aliphatic carbocycles. The van der Waals surface area contributed by atoms with Crippen LogP contribution in [-0.4, -0.2) is 41.3 Å². The van der Waals surface area contributed by atoms with Crippen molar-refractivity contribution in [1.29, 1.82) is 0 Å². The molecule has 7 heteroatoms. The normalized spacial score (nSPS) is 10.7. The summed E-state index contributed by atoms with van der Waals surface area (Å²) in [5, 5.41) is 12.9. The van der Waals surface area contributed by atoms with Crippen molar-refractivity contribution >= 4 is 22.6 Å². The number of aryl methyl sites for hydroxylation is 1. The summed E-state index contributed by atoms with van der Waals surface area (Å²) in [5.41, 5.74) is 2.57. The Balaban J connectivity index is 1.87. The van der Waals surface area contributed by atoms with Crippen LogP contribution in [0.5, 0.6) is 5.75 Å². The first-order valence-corrected chi connectivity index (χ1v) is 9.45. The minimum atomic E-state index is -0.369. The molecule has 152 valence electrons. The van der Waals surface area contributed by atoms with Crippen molar-refractivity contribution in [2.24, 2.45) is 0 Å². The first kappa shape index (κ1) is 20.4. The molecule has 7 nitrogen and oxygen atoms in total. The summed E-state index contributed by atoms with van der Waals surface area (Å²) >= 11 is 0. The molecule has 0 atom stereocenters. The summed E-state index contributed by atoms with van der Waals surface area (Å²) < 4.78 is 5.28. The predicted octanol–water partition coefficient (Wildman–Crippen LogP) is 3.26. The molecule has 3 aromatic rings. The van der Waals surface area contributed by atoms with Gasteiger partial charge in [-0.3, -0.25) is 4.79 Å². The lowest BCUT2D eigenvalue weighted by atomic mass is 10.1. The van der Waals surface area contributed by atoms with Crippen molar-refractivity contribution in [3.05, 3.63) is 70.0 Å². The second kappa shape index (κ2) is 9.25. The van der Waals surface area contributed by atoms with E-state index in [2.05, 4.69) is 10.3 Å². The Morgan fingerprint density at radius 2 is 2.00 bits per heavy atom. The minimum Gasteiger partial charge on any atom is -0.495 e. The van der Waals surface area contributed by atoms with Crippen molar-refractivity contribution in [1.82, 2.24) is 9.88 Å². The second-order valence-electron chi connectivity index (χ2n) is 6.79. The highest BCUT2D eigenvalue weighted by Gasteiger charge is 2.17. The Labute approximate surface area is 168 Å². The SMILES string of the molecule is COc1ccccc1NC(=O)N(CCCO)Cc1cc2cccc(C)c2[nH]c1=O. The Bertz CT molecular complexity index is 1060. The van der Waals surface area contributed by atoms with E-state index in [1.807, 2.05) is 37.3 Å². The quantitative estimate of drug-likeness (QED) is 0.572. The fourth-order valence-corrected chi connectivity index (χ4v) is 3.21. The van der Waals surface area contributed by atoms with Gasteiger partial charge >= 0.3 is 6.03 Å². The highest BCUT2D eigenvalue weighted by molar-refractivity contribution is 5.91. The van der Waals surface area contributed by atoms with Crippen LogP contribution in [0.1, 0.15) is 17.5 Å². The van der Waals surface area contributed by atoms with E-state index >= 15 is 0 Å². The van der Waals surface area contributed by atoms with Gasteiger partial charge in [-0.15, -0.1) is 0 Å². The minimum absolute atomic E-state index is 0.0499. The molecule has 0 saturated heterocycles. The number of nitrogens with one attached hydrogen (secondary N) is 2. The van der Waals surface area contributed by atoms with Gasteiger partial charge in [0.25, 0.3) is 5.56 Å². The number of hydrogen-bond acceptors (Lipinski definition) is 4. The van der Waals surface area contributed by atoms with Crippen LogP contribution in [0.2, 0.25) is 0 Å². The molecule has 0 saturated carbocycles. The van der Waals surface area contributed by atoms with Crippen LogP contribution in [0.4, 0.5) is 10.5 Å². The zero-order valence-corrected chi connectivity index (χ0v) is 16.6. The number of pyridine rings is 1. The highest BCUT2D eigenvalue weighted by Crippen LogP contribution is 2.23. The maximum absolute atomic E-state index is 12.9. The molecule has 2 aromatic carbocycles. The van der Waals surface area contributed by atoms with Crippen molar-refractivity contribution in [2.75, 3.05) is 25.6 Å². The maximum atomic E-state index is 12.9. The monoisotopic (exact) mass is 395 g/mol. The summed E-state index contributed by atoms with van der Waals surface area (Å²) in [7, 11) is 1.53. The van der Waals surface area contributed by atoms with Gasteiger partial charge in [0.1, 0.15) is 5.75 Å². The average molecular weight is 395 g/mol. The predicted molar refractivity (Wildman–Crippen MR) is 113 cm³/mol. The fraction of sp³-hybridized carbons (Fsp3) is 0.273. The average Bonchev–Trinajstić information content (AvgIpc) is 2.72. The van der Waals surface area contributed by atoms with E-state index in [1.165, 1.54) is 12.0 Å². The van der Waals surface area contributed by atoms with E-state index in [-0.39, 0.29) is 24.7 Å². The van der Waals surface area contributed by atoms with Crippen LogP contribution in [-0.2, 0) is 6.54 Å². The molecular weight excluding hydrogens is 370 g/mol. The number of methoxy groups -OCH3 is 1. The van der Waals surface area contributed by atoms with Gasteiger partial charge in [-0.05, 0) is 42.5 Å². The summed E-state index contributed by atoms with van der Waals surface area (Å²) in [6.45, 7) is 2.32. The number of carbonyl (C=O) groups is 1. The van der Waals surface area contributed by atoms with Gasteiger partial charge in [-0.2, -0.15) is 0 Å². The standard InChI is InChI=1S/C22H25N3O4/c1-15-7-5-8-16-13-17(21(27)24-20(15)16)14-25(11-6-12-26)22(28)23-18-9-3-4-10-19(18)29-2/h3-5,7-10,13,26H,6,11-12,14H2,1-2H3,(H,23,28)(H,24,27). The number of aromatic nitrogens is 1. The maximum Gasteiger partial charge on any atom is 0.322 e. The zero-order chi connectivity index (χ0) is 20.8. The van der Waals surface area contributed by atoms with Gasteiger partial charge < -0.3 is 25.0 Å². The fourth-order valence-electron chi connectivity index (χ4n) is 3.21. The van der Waals surface area contributed by atoms with E-state index in [0.717, 1.165) is 16.5 Å². The molecule has 0 fully saturated rings. The molecule has 0 bridgehead atoms. The molecule has 0 aliphatic heterocycles. The van der Waals surface area contributed by atoms with Crippen molar-refractivity contribution in [3.8, 4) is 5.75 Å². The Hall–Kier alpha value is -3.32. The van der Waals surface area contributed by atoms with Crippen LogP contribution in [0.15, 0.2) is 53.3 Å². The van der Waals surface area contributed by atoms with Gasteiger partial charge in [0, 0.05) is 18.7 Å². The lowest BCUT2D eigenvalue weighted by molar-refractivity contribution is 0.199. The molecule has 1 aromatic heterocycles. The van der Waals surface area contributed by atoms with Gasteiger partial charge in [0.2, 0.25) is 0 Å². The number of amides is 2. The number of fused-ring (bicyclic) bond motifs is 1. The van der Waals surface area contributed by atoms with Gasteiger partial charge in [0.15, 0.2) is 0 Å². The number of aromatic amines is 1. The number of para-hydroxylation sites is 3. The van der Waals surface area contributed by atoms with Crippen LogP contribution in [0.3, 0.4) is 0 Å². The molecule has 0 spiro atoms. The van der Waals surface area contributed by atoms with Crippen molar-refractivity contribution in [3.63, 3.8) is 0 Å². The first-order valence-electron chi connectivity index (χ1n) is 9.45. The zero-order valence-electron chi connectivity index (χ0n) is 16.6. The third-order valence-corrected chi connectivity index (χ3v) is 4.75. The molecule has 0 aliphatic rings. The topological polar surface area (TPSA) is 94.7 Å². The lowest BCUT2D eigenvalue weighted by Gasteiger charge is -2.23. The summed E-state index contributed by atoms with van der Waals surface area (Å²) in [6, 6.07) is 14.3. The molecular formula is C22H25N3O4. The first-order chi connectivity index (χ1) is 14.0. The molecule has 1 heterocycles. The molecule has 29 heavy (non-hydrogen) atoms. The highest BCUT2D eigenvalue weighted by atomic mass is 16.5. The second-order valence-corrected chi connectivity index (χ2v) is 6.79. The van der Waals surface area contributed by atoms with Crippen molar-refractivity contribution < 1.29 is 14.6 Å². The Kier molecular flexibility index (Phi) is 6.51. The summed E-state index contributed by atoms with van der Waals surface area (Å²) in [4.78, 5) is 29.9. The van der Waals surface area contributed by atoms with E-state index < -0.39 is 0 Å². The molecule has 3 N–H and O–H groups in total.